The van der Waals surface area contributed by atoms with E-state index < -0.39 is 0 Å². The van der Waals surface area contributed by atoms with Crippen molar-refractivity contribution in [2.75, 3.05) is 0 Å². The van der Waals surface area contributed by atoms with Gasteiger partial charge >= 0.3 is 6.09 Å². The average molecular weight is 355 g/mol. The zero-order valence-corrected chi connectivity index (χ0v) is 14.5. The molecule has 0 spiro atoms. The van der Waals surface area contributed by atoms with Gasteiger partial charge in [0.1, 0.15) is 6.61 Å². The van der Waals surface area contributed by atoms with Gasteiger partial charge < -0.3 is 15.0 Å². The molecule has 1 aliphatic rings. The summed E-state index contributed by atoms with van der Waals surface area (Å²) >= 11 is 6.13. The van der Waals surface area contributed by atoms with Crippen molar-refractivity contribution in [1.29, 1.82) is 0 Å². The number of hydrogen-bond acceptors (Lipinski definition) is 2. The van der Waals surface area contributed by atoms with E-state index in [1.165, 1.54) is 11.3 Å². The first-order valence-corrected chi connectivity index (χ1v) is 8.83. The summed E-state index contributed by atoms with van der Waals surface area (Å²) in [5, 5.41) is 4.86. The highest BCUT2D eigenvalue weighted by atomic mass is 35.5. The fourth-order valence-electron chi connectivity index (χ4n) is 3.44. The highest BCUT2D eigenvalue weighted by Crippen LogP contribution is 2.31. The van der Waals surface area contributed by atoms with Gasteiger partial charge in [-0.2, -0.15) is 0 Å². The molecule has 1 amide bonds. The minimum atomic E-state index is -0.366. The second kappa shape index (κ2) is 6.81. The molecule has 1 heterocycles. The van der Waals surface area contributed by atoms with Crippen molar-refractivity contribution < 1.29 is 9.53 Å². The van der Waals surface area contributed by atoms with Gasteiger partial charge in [0.05, 0.1) is 0 Å². The Bertz CT molecular complexity index is 905. The van der Waals surface area contributed by atoms with Crippen LogP contribution in [0.2, 0.25) is 5.02 Å². The summed E-state index contributed by atoms with van der Waals surface area (Å²) in [5.74, 6) is 0. The number of aryl methyl sites for hydroxylation is 1. The molecule has 0 saturated heterocycles. The molecule has 25 heavy (non-hydrogen) atoms. The molecular formula is C20H19ClN2O2. The van der Waals surface area contributed by atoms with Crippen LogP contribution in [0.5, 0.6) is 0 Å². The molecule has 128 valence electrons. The summed E-state index contributed by atoms with van der Waals surface area (Å²) in [6.07, 6.45) is 2.23. The molecule has 4 rings (SSSR count). The lowest BCUT2D eigenvalue weighted by Crippen LogP contribution is -2.39. The van der Waals surface area contributed by atoms with E-state index in [1.807, 2.05) is 48.5 Å². The number of benzene rings is 2. The zero-order chi connectivity index (χ0) is 17.2. The summed E-state index contributed by atoms with van der Waals surface area (Å²) in [5.41, 5.74) is 4.57. The number of carbonyl (C=O) groups is 1. The normalized spacial score (nSPS) is 16.4. The standard InChI is InChI=1S/C20H19ClN2O2/c21-14-6-8-18-16(10-14)17-11-15(7-9-19(17)23-18)22-20(24)25-12-13-4-2-1-3-5-13/h1-6,8,10,15,23H,7,9,11-12H2,(H,22,24). The number of fused-ring (bicyclic) bond motifs is 3. The van der Waals surface area contributed by atoms with Crippen molar-refractivity contribution >= 4 is 28.6 Å². The molecule has 0 saturated carbocycles. The van der Waals surface area contributed by atoms with E-state index in [4.69, 9.17) is 16.3 Å². The van der Waals surface area contributed by atoms with Crippen molar-refractivity contribution in [3.8, 4) is 0 Å². The molecule has 1 unspecified atom stereocenters. The quantitative estimate of drug-likeness (QED) is 0.722. The monoisotopic (exact) mass is 354 g/mol. The minimum Gasteiger partial charge on any atom is -0.445 e. The van der Waals surface area contributed by atoms with Gasteiger partial charge in [0, 0.05) is 27.7 Å². The van der Waals surface area contributed by atoms with E-state index in [-0.39, 0.29) is 18.7 Å². The Morgan fingerprint density at radius 1 is 1.24 bits per heavy atom. The van der Waals surface area contributed by atoms with E-state index in [0.29, 0.717) is 0 Å². The topological polar surface area (TPSA) is 54.1 Å². The number of nitrogens with one attached hydrogen (secondary N) is 2. The van der Waals surface area contributed by atoms with Gasteiger partial charge in [0.25, 0.3) is 0 Å². The number of aromatic amines is 1. The SMILES string of the molecule is O=C(NC1CCc2[nH]c3ccc(Cl)cc3c2C1)OCc1ccccc1. The number of hydrogen-bond donors (Lipinski definition) is 2. The third-order valence-electron chi connectivity index (χ3n) is 4.68. The zero-order valence-electron chi connectivity index (χ0n) is 13.7. The predicted octanol–water partition coefficient (Wildman–Crippen LogP) is 4.61. The molecule has 0 aliphatic heterocycles. The molecule has 2 aromatic carbocycles. The third-order valence-corrected chi connectivity index (χ3v) is 4.92. The maximum absolute atomic E-state index is 12.1. The third kappa shape index (κ3) is 3.49. The maximum Gasteiger partial charge on any atom is 0.407 e. The molecule has 1 aliphatic carbocycles. The van der Waals surface area contributed by atoms with Crippen LogP contribution in [0.3, 0.4) is 0 Å². The number of carbonyl (C=O) groups excluding carboxylic acids is 1. The first-order valence-electron chi connectivity index (χ1n) is 8.45. The Hall–Kier alpha value is -2.46. The maximum atomic E-state index is 12.1. The van der Waals surface area contributed by atoms with Crippen LogP contribution in [0, 0.1) is 0 Å². The number of ether oxygens (including phenoxy) is 1. The second-order valence-corrected chi connectivity index (χ2v) is 6.85. The van der Waals surface area contributed by atoms with Gasteiger partial charge in [-0.05, 0) is 48.6 Å². The van der Waals surface area contributed by atoms with Crippen LogP contribution in [0.4, 0.5) is 4.79 Å². The van der Waals surface area contributed by atoms with Crippen LogP contribution in [-0.2, 0) is 24.2 Å². The lowest BCUT2D eigenvalue weighted by atomic mass is 9.91. The van der Waals surface area contributed by atoms with Gasteiger partial charge in [-0.1, -0.05) is 41.9 Å². The molecule has 4 nitrogen and oxygen atoms in total. The van der Waals surface area contributed by atoms with Crippen molar-refractivity contribution in [3.63, 3.8) is 0 Å². The van der Waals surface area contributed by atoms with Crippen LogP contribution in [0.15, 0.2) is 48.5 Å². The van der Waals surface area contributed by atoms with Crippen molar-refractivity contribution in [2.45, 2.75) is 31.9 Å². The molecule has 1 atom stereocenters. The van der Waals surface area contributed by atoms with Gasteiger partial charge in [0.15, 0.2) is 0 Å². The van der Waals surface area contributed by atoms with E-state index in [9.17, 15) is 4.79 Å². The van der Waals surface area contributed by atoms with E-state index in [0.717, 1.165) is 40.8 Å². The van der Waals surface area contributed by atoms with Crippen LogP contribution < -0.4 is 5.32 Å². The number of alkyl carbamates (subject to hydrolysis) is 1. The Kier molecular flexibility index (Phi) is 4.36. The number of halogens is 1. The van der Waals surface area contributed by atoms with Gasteiger partial charge in [-0.15, -0.1) is 0 Å². The van der Waals surface area contributed by atoms with E-state index in [2.05, 4.69) is 10.3 Å². The number of rotatable bonds is 3. The first-order chi connectivity index (χ1) is 12.2. The highest BCUT2D eigenvalue weighted by Gasteiger charge is 2.24. The Labute approximate surface area is 151 Å². The van der Waals surface area contributed by atoms with Crippen molar-refractivity contribution in [1.82, 2.24) is 10.3 Å². The average Bonchev–Trinajstić information content (AvgIpc) is 2.98. The summed E-state index contributed by atoms with van der Waals surface area (Å²) in [7, 11) is 0. The van der Waals surface area contributed by atoms with Gasteiger partial charge in [-0.25, -0.2) is 4.79 Å². The molecule has 5 heteroatoms. The fraction of sp³-hybridized carbons (Fsp3) is 0.250. The van der Waals surface area contributed by atoms with Crippen LogP contribution in [0.1, 0.15) is 23.2 Å². The Balaban J connectivity index is 1.41. The molecule has 0 radical (unpaired) electrons. The molecule has 3 aromatic rings. The number of aromatic nitrogens is 1. The lowest BCUT2D eigenvalue weighted by molar-refractivity contribution is 0.134. The number of H-pyrrole nitrogens is 1. The smallest absolute Gasteiger partial charge is 0.407 e. The summed E-state index contributed by atoms with van der Waals surface area (Å²) in [6, 6.07) is 15.6. The fourth-order valence-corrected chi connectivity index (χ4v) is 3.62. The van der Waals surface area contributed by atoms with Crippen molar-refractivity contribution in [3.05, 3.63) is 70.4 Å². The predicted molar refractivity (Wildman–Crippen MR) is 98.9 cm³/mol. The molecule has 1 aromatic heterocycles. The van der Waals surface area contributed by atoms with E-state index in [1.54, 1.807) is 0 Å². The van der Waals surface area contributed by atoms with Crippen LogP contribution >= 0.6 is 11.6 Å². The number of amides is 1. The summed E-state index contributed by atoms with van der Waals surface area (Å²) in [6.45, 7) is 0.285. The van der Waals surface area contributed by atoms with Crippen LogP contribution in [-0.4, -0.2) is 17.1 Å². The van der Waals surface area contributed by atoms with Crippen LogP contribution in [0.25, 0.3) is 10.9 Å². The molecular weight excluding hydrogens is 336 g/mol. The van der Waals surface area contributed by atoms with Gasteiger partial charge in [-0.3, -0.25) is 0 Å². The minimum absolute atomic E-state index is 0.0776. The Morgan fingerprint density at radius 3 is 2.92 bits per heavy atom. The molecule has 0 bridgehead atoms. The summed E-state index contributed by atoms with van der Waals surface area (Å²) in [4.78, 5) is 15.6. The van der Waals surface area contributed by atoms with Gasteiger partial charge in [0.2, 0.25) is 0 Å². The lowest BCUT2D eigenvalue weighted by Gasteiger charge is -2.23. The Morgan fingerprint density at radius 2 is 2.08 bits per heavy atom. The van der Waals surface area contributed by atoms with Crippen molar-refractivity contribution in [2.24, 2.45) is 0 Å². The molecule has 2 N–H and O–H groups in total. The van der Waals surface area contributed by atoms with E-state index >= 15 is 0 Å². The summed E-state index contributed by atoms with van der Waals surface area (Å²) < 4.78 is 5.33. The first kappa shape index (κ1) is 16.0. The largest absolute Gasteiger partial charge is 0.445 e. The highest BCUT2D eigenvalue weighted by molar-refractivity contribution is 6.31. The molecule has 0 fully saturated rings. The second-order valence-electron chi connectivity index (χ2n) is 6.42.